The Morgan fingerprint density at radius 3 is 3.09 bits per heavy atom. The Morgan fingerprint density at radius 1 is 1.45 bits per heavy atom. The highest BCUT2D eigenvalue weighted by atomic mass is 14.9. The lowest BCUT2D eigenvalue weighted by molar-refractivity contribution is 1.01. The zero-order valence-corrected chi connectivity index (χ0v) is 6.17. The maximum atomic E-state index is 7.17. The minimum absolute atomic E-state index is 0.284. The lowest BCUT2D eigenvalue weighted by Crippen LogP contribution is -2.01. The Hall–Kier alpha value is -1.31. The molecular formula is C9H10N2. The van der Waals surface area contributed by atoms with E-state index in [2.05, 4.69) is 17.4 Å². The zero-order valence-electron chi connectivity index (χ0n) is 6.17. The minimum Gasteiger partial charge on any atom is -0.384 e. The van der Waals surface area contributed by atoms with Gasteiger partial charge in [-0.1, -0.05) is 18.2 Å². The molecule has 1 heterocycles. The predicted octanol–water partition coefficient (Wildman–Crippen LogP) is 1.85. The van der Waals surface area contributed by atoms with Crippen molar-refractivity contribution in [2.75, 3.05) is 11.9 Å². The molecule has 2 heteroatoms. The first-order valence-corrected chi connectivity index (χ1v) is 3.75. The summed E-state index contributed by atoms with van der Waals surface area (Å²) in [5.41, 5.74) is 2.43. The Balaban J connectivity index is 2.46. The van der Waals surface area contributed by atoms with Crippen molar-refractivity contribution < 1.29 is 0 Å². The molecule has 0 spiro atoms. The molecular weight excluding hydrogens is 136 g/mol. The number of hydrogen-bond donors (Lipinski definition) is 2. The first-order valence-electron chi connectivity index (χ1n) is 3.75. The van der Waals surface area contributed by atoms with E-state index >= 15 is 0 Å². The average molecular weight is 146 g/mol. The van der Waals surface area contributed by atoms with Crippen LogP contribution in [0.3, 0.4) is 0 Å². The van der Waals surface area contributed by atoms with Crippen molar-refractivity contribution >= 4 is 11.9 Å². The highest BCUT2D eigenvalue weighted by Crippen LogP contribution is 2.28. The summed E-state index contributed by atoms with van der Waals surface area (Å²) >= 11 is 0. The standard InChI is InChI=1S/C9H10N2/c10-5-7-6-11-9-4-2-1-3-8(7)9/h1-5,7,10-11H,6H2. The van der Waals surface area contributed by atoms with Gasteiger partial charge in [0.2, 0.25) is 0 Å². The van der Waals surface area contributed by atoms with Gasteiger partial charge >= 0.3 is 0 Å². The van der Waals surface area contributed by atoms with E-state index < -0.39 is 0 Å². The molecule has 0 aromatic heterocycles. The van der Waals surface area contributed by atoms with Crippen LogP contribution in [0, 0.1) is 5.41 Å². The molecule has 1 aromatic rings. The van der Waals surface area contributed by atoms with Crippen LogP contribution in [-0.2, 0) is 0 Å². The smallest absolute Gasteiger partial charge is 0.0380 e. The van der Waals surface area contributed by atoms with Gasteiger partial charge in [-0.25, -0.2) is 0 Å². The van der Waals surface area contributed by atoms with Crippen LogP contribution in [0.4, 0.5) is 5.69 Å². The maximum absolute atomic E-state index is 7.17. The van der Waals surface area contributed by atoms with Gasteiger partial charge in [0.1, 0.15) is 0 Å². The van der Waals surface area contributed by atoms with E-state index in [4.69, 9.17) is 5.41 Å². The molecule has 2 rings (SSSR count). The third-order valence-corrected chi connectivity index (χ3v) is 2.07. The molecule has 0 bridgehead atoms. The summed E-state index contributed by atoms with van der Waals surface area (Å²) in [6.45, 7) is 0.878. The molecule has 1 unspecified atom stereocenters. The Kier molecular flexibility index (Phi) is 1.39. The molecule has 2 N–H and O–H groups in total. The minimum atomic E-state index is 0.284. The highest BCUT2D eigenvalue weighted by Gasteiger charge is 2.18. The van der Waals surface area contributed by atoms with Crippen LogP contribution in [0.2, 0.25) is 0 Å². The van der Waals surface area contributed by atoms with E-state index in [1.54, 1.807) is 0 Å². The van der Waals surface area contributed by atoms with Gasteiger partial charge < -0.3 is 10.7 Å². The largest absolute Gasteiger partial charge is 0.384 e. The molecule has 56 valence electrons. The van der Waals surface area contributed by atoms with E-state index in [1.807, 2.05) is 12.1 Å². The fourth-order valence-corrected chi connectivity index (χ4v) is 1.46. The molecule has 0 aliphatic carbocycles. The van der Waals surface area contributed by atoms with Gasteiger partial charge in [-0.2, -0.15) is 0 Å². The lowest BCUT2D eigenvalue weighted by Gasteiger charge is -1.99. The van der Waals surface area contributed by atoms with E-state index in [9.17, 15) is 0 Å². The third-order valence-electron chi connectivity index (χ3n) is 2.07. The number of hydrogen-bond acceptors (Lipinski definition) is 2. The number of para-hydroxylation sites is 1. The van der Waals surface area contributed by atoms with Crippen LogP contribution in [0.5, 0.6) is 0 Å². The fourth-order valence-electron chi connectivity index (χ4n) is 1.46. The number of fused-ring (bicyclic) bond motifs is 1. The second kappa shape index (κ2) is 2.38. The number of anilines is 1. The first-order chi connectivity index (χ1) is 5.42. The van der Waals surface area contributed by atoms with Crippen LogP contribution in [0.15, 0.2) is 24.3 Å². The van der Waals surface area contributed by atoms with Crippen molar-refractivity contribution in [3.8, 4) is 0 Å². The molecule has 1 aliphatic rings. The molecule has 0 radical (unpaired) electrons. The van der Waals surface area contributed by atoms with Crippen LogP contribution in [-0.4, -0.2) is 12.8 Å². The molecule has 0 saturated heterocycles. The quantitative estimate of drug-likeness (QED) is 0.583. The van der Waals surface area contributed by atoms with Crippen molar-refractivity contribution in [3.63, 3.8) is 0 Å². The Bertz CT molecular complexity index is 281. The van der Waals surface area contributed by atoms with Gasteiger partial charge in [0.05, 0.1) is 0 Å². The van der Waals surface area contributed by atoms with Crippen LogP contribution in [0.25, 0.3) is 0 Å². The average Bonchev–Trinajstić information content (AvgIpc) is 2.47. The second-order valence-electron chi connectivity index (χ2n) is 2.74. The van der Waals surface area contributed by atoms with Crippen molar-refractivity contribution in [2.45, 2.75) is 5.92 Å². The topological polar surface area (TPSA) is 35.9 Å². The summed E-state index contributed by atoms with van der Waals surface area (Å²) in [5, 5.41) is 10.4. The van der Waals surface area contributed by atoms with Crippen LogP contribution >= 0.6 is 0 Å². The SMILES string of the molecule is N=CC1CNc2ccccc21. The lowest BCUT2D eigenvalue weighted by atomic mass is 10.0. The normalized spacial score (nSPS) is 20.5. The zero-order chi connectivity index (χ0) is 7.68. The van der Waals surface area contributed by atoms with E-state index in [1.165, 1.54) is 17.5 Å². The molecule has 1 aliphatic heterocycles. The molecule has 2 nitrogen and oxygen atoms in total. The van der Waals surface area contributed by atoms with E-state index in [0.29, 0.717) is 0 Å². The van der Waals surface area contributed by atoms with Gasteiger partial charge in [0.15, 0.2) is 0 Å². The highest BCUT2D eigenvalue weighted by molar-refractivity contribution is 5.74. The molecule has 0 amide bonds. The first kappa shape index (κ1) is 6.40. The van der Waals surface area contributed by atoms with Gasteiger partial charge in [0, 0.05) is 24.4 Å². The number of benzene rings is 1. The van der Waals surface area contributed by atoms with Crippen molar-refractivity contribution in [1.29, 1.82) is 5.41 Å². The second-order valence-corrected chi connectivity index (χ2v) is 2.74. The molecule has 0 saturated carbocycles. The summed E-state index contributed by atoms with van der Waals surface area (Å²) in [4.78, 5) is 0. The van der Waals surface area contributed by atoms with Crippen molar-refractivity contribution in [3.05, 3.63) is 29.8 Å². The van der Waals surface area contributed by atoms with Crippen LogP contribution in [0.1, 0.15) is 11.5 Å². The summed E-state index contributed by atoms with van der Waals surface area (Å²) in [5.74, 6) is 0.284. The number of rotatable bonds is 1. The Labute approximate surface area is 65.8 Å². The van der Waals surface area contributed by atoms with Gasteiger partial charge in [-0.3, -0.25) is 0 Å². The summed E-state index contributed by atoms with van der Waals surface area (Å²) in [6, 6.07) is 8.16. The fraction of sp³-hybridized carbons (Fsp3) is 0.222. The van der Waals surface area contributed by atoms with Gasteiger partial charge in [-0.05, 0) is 11.6 Å². The summed E-state index contributed by atoms with van der Waals surface area (Å²) in [6.07, 6.45) is 1.50. The van der Waals surface area contributed by atoms with E-state index in [0.717, 1.165) is 6.54 Å². The summed E-state index contributed by atoms with van der Waals surface area (Å²) in [7, 11) is 0. The Morgan fingerprint density at radius 2 is 2.27 bits per heavy atom. The van der Waals surface area contributed by atoms with Crippen molar-refractivity contribution in [1.82, 2.24) is 0 Å². The molecule has 1 aromatic carbocycles. The maximum Gasteiger partial charge on any atom is 0.0380 e. The monoisotopic (exact) mass is 146 g/mol. The summed E-state index contributed by atoms with van der Waals surface area (Å²) < 4.78 is 0. The van der Waals surface area contributed by atoms with Gasteiger partial charge in [-0.15, -0.1) is 0 Å². The van der Waals surface area contributed by atoms with E-state index in [-0.39, 0.29) is 5.92 Å². The van der Waals surface area contributed by atoms with Crippen LogP contribution < -0.4 is 5.32 Å². The predicted molar refractivity (Wildman–Crippen MR) is 46.5 cm³/mol. The molecule has 11 heavy (non-hydrogen) atoms. The van der Waals surface area contributed by atoms with Gasteiger partial charge in [0.25, 0.3) is 0 Å². The third kappa shape index (κ3) is 0.909. The molecule has 1 atom stereocenters. The molecule has 0 fully saturated rings. The number of nitrogens with one attached hydrogen (secondary N) is 2. The van der Waals surface area contributed by atoms with Crippen molar-refractivity contribution in [2.24, 2.45) is 0 Å².